The second-order valence-electron chi connectivity index (χ2n) is 7.44. The molecule has 10 heteroatoms. The highest BCUT2D eigenvalue weighted by Crippen LogP contribution is 2.31. The van der Waals surface area contributed by atoms with E-state index in [1.165, 1.54) is 6.07 Å². The molecular weight excluding hydrogens is 431 g/mol. The number of likely N-dealkylation sites (N-methyl/N-ethyl adjacent to an activating group) is 1. The second kappa shape index (κ2) is 9.37. The zero-order valence-corrected chi connectivity index (χ0v) is 17.9. The number of halogens is 3. The molecule has 0 aromatic heterocycles. The summed E-state index contributed by atoms with van der Waals surface area (Å²) < 4.78 is 65.5. The van der Waals surface area contributed by atoms with E-state index in [4.69, 9.17) is 0 Å². The van der Waals surface area contributed by atoms with Crippen LogP contribution >= 0.6 is 0 Å². The average molecular weight is 456 g/mol. The number of hydrogen-bond donors (Lipinski definition) is 0. The first kappa shape index (κ1) is 23.2. The van der Waals surface area contributed by atoms with Gasteiger partial charge in [0.25, 0.3) is 0 Å². The molecule has 168 valence electrons. The van der Waals surface area contributed by atoms with Crippen LogP contribution in [0.5, 0.6) is 0 Å². The van der Waals surface area contributed by atoms with Crippen molar-refractivity contribution in [3.63, 3.8) is 0 Å². The molecule has 0 aliphatic carbocycles. The number of nitrogens with zero attached hydrogens (tertiary/aromatic N) is 3. The van der Waals surface area contributed by atoms with Crippen LogP contribution in [-0.2, 0) is 27.5 Å². The maximum absolute atomic E-state index is 12.9. The summed E-state index contributed by atoms with van der Waals surface area (Å²) in [7, 11) is -2.33. The number of amides is 1. The molecule has 6 nitrogen and oxygen atoms in total. The maximum atomic E-state index is 12.9. The van der Waals surface area contributed by atoms with Gasteiger partial charge < -0.3 is 4.90 Å². The fourth-order valence-electron chi connectivity index (χ4n) is 3.37. The van der Waals surface area contributed by atoms with Crippen LogP contribution in [0.15, 0.2) is 59.5 Å². The quantitative estimate of drug-likeness (QED) is 0.672. The van der Waals surface area contributed by atoms with Crippen molar-refractivity contribution in [2.45, 2.75) is 17.6 Å². The van der Waals surface area contributed by atoms with E-state index in [1.807, 2.05) is 35.2 Å². The van der Waals surface area contributed by atoms with Crippen LogP contribution in [0.3, 0.4) is 0 Å². The molecular formula is C21H24F3N3O3S. The summed E-state index contributed by atoms with van der Waals surface area (Å²) >= 11 is 0. The van der Waals surface area contributed by atoms with Crippen LogP contribution in [0.1, 0.15) is 11.1 Å². The lowest BCUT2D eigenvalue weighted by molar-refractivity contribution is -0.137. The molecule has 1 aliphatic rings. The minimum Gasteiger partial charge on any atom is -0.340 e. The Balaban J connectivity index is 1.57. The van der Waals surface area contributed by atoms with Crippen LogP contribution < -0.4 is 0 Å². The van der Waals surface area contributed by atoms with Crippen LogP contribution in [0.2, 0.25) is 0 Å². The van der Waals surface area contributed by atoms with Gasteiger partial charge in [0.05, 0.1) is 17.0 Å². The molecule has 1 saturated heterocycles. The zero-order chi connectivity index (χ0) is 22.6. The van der Waals surface area contributed by atoms with E-state index >= 15 is 0 Å². The largest absolute Gasteiger partial charge is 0.416 e. The van der Waals surface area contributed by atoms with Crippen molar-refractivity contribution in [2.75, 3.05) is 39.8 Å². The van der Waals surface area contributed by atoms with Crippen molar-refractivity contribution in [1.82, 2.24) is 14.1 Å². The topological polar surface area (TPSA) is 60.9 Å². The Hall–Kier alpha value is -2.43. The second-order valence-corrected chi connectivity index (χ2v) is 9.38. The number of alkyl halides is 3. The van der Waals surface area contributed by atoms with Gasteiger partial charge in [-0.3, -0.25) is 9.69 Å². The molecule has 0 saturated carbocycles. The lowest BCUT2D eigenvalue weighted by Crippen LogP contribution is -2.51. The Morgan fingerprint density at radius 3 is 2.26 bits per heavy atom. The highest BCUT2D eigenvalue weighted by molar-refractivity contribution is 7.89. The van der Waals surface area contributed by atoms with Gasteiger partial charge in [0.1, 0.15) is 0 Å². The van der Waals surface area contributed by atoms with Gasteiger partial charge in [0.15, 0.2) is 0 Å². The summed E-state index contributed by atoms with van der Waals surface area (Å²) in [5.41, 5.74) is 0.00890. The number of rotatable bonds is 6. The van der Waals surface area contributed by atoms with Crippen molar-refractivity contribution in [3.05, 3.63) is 65.7 Å². The van der Waals surface area contributed by atoms with Crippen molar-refractivity contribution < 1.29 is 26.4 Å². The van der Waals surface area contributed by atoms with E-state index < -0.39 is 21.8 Å². The minimum atomic E-state index is -4.61. The number of carbonyl (C=O) groups excluding carboxylic acids is 1. The lowest BCUT2D eigenvalue weighted by Gasteiger charge is -2.34. The molecule has 1 amide bonds. The van der Waals surface area contributed by atoms with E-state index in [1.54, 1.807) is 11.9 Å². The number of carbonyl (C=O) groups is 1. The molecule has 1 aliphatic heterocycles. The fraction of sp³-hybridized carbons (Fsp3) is 0.381. The maximum Gasteiger partial charge on any atom is 0.416 e. The molecule has 0 N–H and O–H groups in total. The molecule has 3 rings (SSSR count). The van der Waals surface area contributed by atoms with Gasteiger partial charge in [-0.2, -0.15) is 17.5 Å². The van der Waals surface area contributed by atoms with Gasteiger partial charge in [0.2, 0.25) is 15.9 Å². The number of sulfonamides is 1. The van der Waals surface area contributed by atoms with Gasteiger partial charge in [0, 0.05) is 39.8 Å². The highest BCUT2D eigenvalue weighted by Gasteiger charge is 2.34. The lowest BCUT2D eigenvalue weighted by atomic mass is 10.2. The predicted molar refractivity (Wildman–Crippen MR) is 110 cm³/mol. The molecule has 0 atom stereocenters. The van der Waals surface area contributed by atoms with Crippen LogP contribution in [0, 0.1) is 0 Å². The van der Waals surface area contributed by atoms with Crippen molar-refractivity contribution in [3.8, 4) is 0 Å². The summed E-state index contributed by atoms with van der Waals surface area (Å²) in [5, 5.41) is 0. The summed E-state index contributed by atoms with van der Waals surface area (Å²) in [6.07, 6.45) is -4.61. The van der Waals surface area contributed by atoms with E-state index in [0.29, 0.717) is 25.7 Å². The van der Waals surface area contributed by atoms with Gasteiger partial charge in [-0.15, -0.1) is 0 Å². The molecule has 0 spiro atoms. The highest BCUT2D eigenvalue weighted by atomic mass is 32.2. The SMILES string of the molecule is CN(Cc1ccccc1)C(=O)CN1CCN(S(=O)(=O)c2cccc(C(F)(F)F)c2)CC1. The Kier molecular flexibility index (Phi) is 7.03. The zero-order valence-electron chi connectivity index (χ0n) is 17.0. The summed E-state index contributed by atoms with van der Waals surface area (Å²) in [6.45, 7) is 1.49. The van der Waals surface area contributed by atoms with E-state index in [2.05, 4.69) is 0 Å². The number of benzene rings is 2. The van der Waals surface area contributed by atoms with E-state index in [0.717, 1.165) is 22.0 Å². The number of hydrogen-bond acceptors (Lipinski definition) is 4. The van der Waals surface area contributed by atoms with Crippen LogP contribution in [0.4, 0.5) is 13.2 Å². The van der Waals surface area contributed by atoms with Crippen LogP contribution in [-0.4, -0.2) is 68.2 Å². The molecule has 2 aromatic carbocycles. The summed E-state index contributed by atoms with van der Waals surface area (Å²) in [6, 6.07) is 13.3. The first-order chi connectivity index (χ1) is 14.6. The van der Waals surface area contributed by atoms with Gasteiger partial charge >= 0.3 is 6.18 Å². The van der Waals surface area contributed by atoms with Gasteiger partial charge in [-0.1, -0.05) is 36.4 Å². The summed E-state index contributed by atoms with van der Waals surface area (Å²) in [4.78, 5) is 15.6. The third-order valence-corrected chi connectivity index (χ3v) is 7.07. The van der Waals surface area contributed by atoms with Crippen molar-refractivity contribution in [2.24, 2.45) is 0 Å². The molecule has 1 fully saturated rings. The third kappa shape index (κ3) is 5.84. The molecule has 0 bridgehead atoms. The Morgan fingerprint density at radius 2 is 1.65 bits per heavy atom. The fourth-order valence-corrected chi connectivity index (χ4v) is 4.84. The Labute approximate surface area is 179 Å². The van der Waals surface area contributed by atoms with Crippen molar-refractivity contribution >= 4 is 15.9 Å². The average Bonchev–Trinajstić information content (AvgIpc) is 2.74. The first-order valence-electron chi connectivity index (χ1n) is 9.75. The molecule has 31 heavy (non-hydrogen) atoms. The van der Waals surface area contributed by atoms with E-state index in [9.17, 15) is 26.4 Å². The third-order valence-electron chi connectivity index (χ3n) is 5.18. The van der Waals surface area contributed by atoms with Gasteiger partial charge in [-0.25, -0.2) is 8.42 Å². The molecule has 0 radical (unpaired) electrons. The first-order valence-corrected chi connectivity index (χ1v) is 11.2. The monoisotopic (exact) mass is 455 g/mol. The summed E-state index contributed by atoms with van der Waals surface area (Å²) in [5.74, 6) is -0.0851. The Bertz CT molecular complexity index is 1010. The van der Waals surface area contributed by atoms with Crippen LogP contribution in [0.25, 0.3) is 0 Å². The normalized spacial score (nSPS) is 16.3. The smallest absolute Gasteiger partial charge is 0.340 e. The Morgan fingerprint density at radius 1 is 1.00 bits per heavy atom. The van der Waals surface area contributed by atoms with E-state index in [-0.39, 0.29) is 30.4 Å². The molecule has 2 aromatic rings. The minimum absolute atomic E-state index is 0.0851. The van der Waals surface area contributed by atoms with Gasteiger partial charge in [-0.05, 0) is 23.8 Å². The standard InChI is InChI=1S/C21H24F3N3O3S/c1-25(15-17-6-3-2-4-7-17)20(28)16-26-10-12-27(13-11-26)31(29,30)19-9-5-8-18(14-19)21(22,23)24/h2-9,14H,10-13,15-16H2,1H3. The predicted octanol–water partition coefficient (Wildman–Crippen LogP) is 2.67. The molecule has 1 heterocycles. The molecule has 0 unspecified atom stereocenters. The number of piperazine rings is 1. The van der Waals surface area contributed by atoms with Crippen molar-refractivity contribution in [1.29, 1.82) is 0 Å².